The Balaban J connectivity index is 1.48. The number of nitrogens with zero attached hydrogens (tertiary/aromatic N) is 2. The standard InChI is InChI=1S/C21H25N3O5S/c25-19-6-1-2-14-23(19)18-11-9-17(10-12-18)5-4-13-22-30(28,29)16-15-24-20(26)7-3-8-21(24)27/h9-12,22H,1-3,6-8,13-16H2. The smallest absolute Gasteiger partial charge is 0.229 e. The van der Waals surface area contributed by atoms with Gasteiger partial charge in [0, 0.05) is 43.6 Å². The number of sulfonamides is 1. The van der Waals surface area contributed by atoms with Crippen molar-refractivity contribution in [2.75, 3.05) is 30.3 Å². The minimum Gasteiger partial charge on any atom is -0.312 e. The maximum absolute atomic E-state index is 12.1. The van der Waals surface area contributed by atoms with Gasteiger partial charge in [0.25, 0.3) is 0 Å². The number of imide groups is 1. The molecule has 3 amide bonds. The highest BCUT2D eigenvalue weighted by atomic mass is 32.2. The van der Waals surface area contributed by atoms with Crippen molar-refractivity contribution in [1.29, 1.82) is 0 Å². The molecular weight excluding hydrogens is 406 g/mol. The normalized spacial score (nSPS) is 17.7. The van der Waals surface area contributed by atoms with Crippen molar-refractivity contribution in [2.24, 2.45) is 0 Å². The summed E-state index contributed by atoms with van der Waals surface area (Å²) in [5.41, 5.74) is 1.56. The molecule has 2 fully saturated rings. The molecule has 0 unspecified atom stereocenters. The van der Waals surface area contributed by atoms with Crippen molar-refractivity contribution >= 4 is 33.4 Å². The van der Waals surface area contributed by atoms with Crippen molar-refractivity contribution in [3.8, 4) is 11.8 Å². The van der Waals surface area contributed by atoms with Gasteiger partial charge in [-0.3, -0.25) is 19.3 Å². The van der Waals surface area contributed by atoms with E-state index in [1.807, 2.05) is 12.1 Å². The summed E-state index contributed by atoms with van der Waals surface area (Å²) in [7, 11) is -3.65. The first-order chi connectivity index (χ1) is 14.4. The lowest BCUT2D eigenvalue weighted by atomic mass is 10.1. The van der Waals surface area contributed by atoms with E-state index < -0.39 is 10.0 Å². The summed E-state index contributed by atoms with van der Waals surface area (Å²) in [6, 6.07) is 7.27. The number of anilines is 1. The van der Waals surface area contributed by atoms with E-state index in [2.05, 4.69) is 16.6 Å². The van der Waals surface area contributed by atoms with Gasteiger partial charge in [-0.25, -0.2) is 13.1 Å². The van der Waals surface area contributed by atoms with Crippen LogP contribution in [0.1, 0.15) is 44.1 Å². The number of nitrogens with one attached hydrogen (secondary N) is 1. The molecule has 0 aromatic heterocycles. The Morgan fingerprint density at radius 2 is 1.57 bits per heavy atom. The number of hydrogen-bond donors (Lipinski definition) is 1. The highest BCUT2D eigenvalue weighted by molar-refractivity contribution is 7.89. The zero-order chi connectivity index (χ0) is 21.6. The molecule has 2 aliphatic rings. The minimum atomic E-state index is -3.65. The van der Waals surface area contributed by atoms with Crippen LogP contribution in [0.4, 0.5) is 5.69 Å². The van der Waals surface area contributed by atoms with Gasteiger partial charge in [0.05, 0.1) is 12.3 Å². The second-order valence-corrected chi connectivity index (χ2v) is 9.21. The van der Waals surface area contributed by atoms with Crippen LogP contribution >= 0.6 is 0 Å². The Morgan fingerprint density at radius 3 is 2.23 bits per heavy atom. The topological polar surface area (TPSA) is 104 Å². The number of hydrogen-bond acceptors (Lipinski definition) is 5. The van der Waals surface area contributed by atoms with E-state index in [-0.39, 0.29) is 49.4 Å². The van der Waals surface area contributed by atoms with Crippen LogP contribution < -0.4 is 9.62 Å². The SMILES string of the molecule is O=C1CCCC(=O)N1CCS(=O)(=O)NCC#Cc1ccc(N2CCCCC2=O)cc1. The van der Waals surface area contributed by atoms with Crippen LogP contribution in [0.5, 0.6) is 0 Å². The van der Waals surface area contributed by atoms with E-state index >= 15 is 0 Å². The third-order valence-corrected chi connectivity index (χ3v) is 6.39. The lowest BCUT2D eigenvalue weighted by molar-refractivity contribution is -0.147. The molecule has 8 nitrogen and oxygen atoms in total. The molecule has 1 aromatic carbocycles. The number of rotatable bonds is 6. The molecule has 0 radical (unpaired) electrons. The zero-order valence-corrected chi connectivity index (χ0v) is 17.5. The molecule has 1 N–H and O–H groups in total. The van der Waals surface area contributed by atoms with E-state index in [4.69, 9.17) is 0 Å². The van der Waals surface area contributed by atoms with Crippen LogP contribution in [0.15, 0.2) is 24.3 Å². The Hall–Kier alpha value is -2.70. The number of carbonyl (C=O) groups is 3. The number of carbonyl (C=O) groups excluding carboxylic acids is 3. The molecule has 0 atom stereocenters. The molecular formula is C21H25N3O5S. The minimum absolute atomic E-state index is 0.0728. The van der Waals surface area contributed by atoms with E-state index in [0.29, 0.717) is 18.4 Å². The van der Waals surface area contributed by atoms with E-state index in [0.717, 1.165) is 30.0 Å². The lowest BCUT2D eigenvalue weighted by Gasteiger charge is -2.26. The third kappa shape index (κ3) is 5.90. The van der Waals surface area contributed by atoms with Crippen molar-refractivity contribution < 1.29 is 22.8 Å². The monoisotopic (exact) mass is 431 g/mol. The first kappa shape index (κ1) is 22.0. The second kappa shape index (κ2) is 9.87. The molecule has 9 heteroatoms. The largest absolute Gasteiger partial charge is 0.312 e. The number of likely N-dealkylation sites (tertiary alicyclic amines) is 1. The van der Waals surface area contributed by atoms with E-state index in [9.17, 15) is 22.8 Å². The van der Waals surface area contributed by atoms with Crippen molar-refractivity contribution in [3.05, 3.63) is 29.8 Å². The molecule has 1 aromatic rings. The van der Waals surface area contributed by atoms with Gasteiger partial charge < -0.3 is 4.90 Å². The van der Waals surface area contributed by atoms with Gasteiger partial charge in [-0.15, -0.1) is 0 Å². The quantitative estimate of drug-likeness (QED) is 0.535. The van der Waals surface area contributed by atoms with Crippen LogP contribution in [0.25, 0.3) is 0 Å². The average Bonchev–Trinajstić information content (AvgIpc) is 2.72. The van der Waals surface area contributed by atoms with Crippen molar-refractivity contribution in [1.82, 2.24) is 9.62 Å². The van der Waals surface area contributed by atoms with Crippen LogP contribution in [0.3, 0.4) is 0 Å². The molecule has 0 bridgehead atoms. The maximum Gasteiger partial charge on any atom is 0.229 e. The summed E-state index contributed by atoms with van der Waals surface area (Å²) in [6.45, 7) is 0.508. The Kier molecular flexibility index (Phi) is 7.24. The van der Waals surface area contributed by atoms with Crippen LogP contribution in [-0.2, 0) is 24.4 Å². The van der Waals surface area contributed by atoms with Gasteiger partial charge in [-0.2, -0.15) is 0 Å². The lowest BCUT2D eigenvalue weighted by Crippen LogP contribution is -2.44. The summed E-state index contributed by atoms with van der Waals surface area (Å²) in [4.78, 5) is 38.2. The van der Waals surface area contributed by atoms with Crippen LogP contribution in [0.2, 0.25) is 0 Å². The fourth-order valence-corrected chi connectivity index (χ4v) is 4.29. The third-order valence-electron chi connectivity index (χ3n) is 5.08. The van der Waals surface area contributed by atoms with E-state index in [1.54, 1.807) is 17.0 Å². The highest BCUT2D eigenvalue weighted by Gasteiger charge is 2.27. The molecule has 30 heavy (non-hydrogen) atoms. The van der Waals surface area contributed by atoms with Gasteiger partial charge in [0.2, 0.25) is 27.7 Å². The Labute approximate surface area is 176 Å². The highest BCUT2D eigenvalue weighted by Crippen LogP contribution is 2.21. The molecule has 3 rings (SSSR count). The first-order valence-corrected chi connectivity index (χ1v) is 11.7. The van der Waals surface area contributed by atoms with Crippen molar-refractivity contribution in [2.45, 2.75) is 38.5 Å². The van der Waals surface area contributed by atoms with Crippen LogP contribution in [-0.4, -0.2) is 56.4 Å². The van der Waals surface area contributed by atoms with Crippen LogP contribution in [0, 0.1) is 11.8 Å². The summed E-state index contributed by atoms with van der Waals surface area (Å²) in [6.07, 6.45) is 3.56. The fraction of sp³-hybridized carbons (Fsp3) is 0.476. The summed E-state index contributed by atoms with van der Waals surface area (Å²) in [5.74, 6) is 4.77. The van der Waals surface area contributed by atoms with Gasteiger partial charge in [-0.1, -0.05) is 11.8 Å². The first-order valence-electron chi connectivity index (χ1n) is 10.1. The molecule has 2 heterocycles. The van der Waals surface area contributed by atoms with Gasteiger partial charge in [0.15, 0.2) is 0 Å². The van der Waals surface area contributed by atoms with E-state index in [1.165, 1.54) is 0 Å². The molecule has 160 valence electrons. The number of benzene rings is 1. The zero-order valence-electron chi connectivity index (χ0n) is 16.7. The molecule has 2 saturated heterocycles. The fourth-order valence-electron chi connectivity index (χ4n) is 3.43. The van der Waals surface area contributed by atoms with Crippen molar-refractivity contribution in [3.63, 3.8) is 0 Å². The second-order valence-electron chi connectivity index (χ2n) is 7.28. The predicted octanol–water partition coefficient (Wildman–Crippen LogP) is 1.01. The summed E-state index contributed by atoms with van der Waals surface area (Å²) < 4.78 is 26.5. The van der Waals surface area contributed by atoms with Gasteiger partial charge in [-0.05, 0) is 43.5 Å². The number of piperidine rings is 2. The summed E-state index contributed by atoms with van der Waals surface area (Å²) in [5, 5.41) is 0. The average molecular weight is 432 g/mol. The molecule has 0 spiro atoms. The number of amides is 3. The Bertz CT molecular complexity index is 960. The van der Waals surface area contributed by atoms with Gasteiger partial charge in [0.1, 0.15) is 0 Å². The Morgan fingerprint density at radius 1 is 0.900 bits per heavy atom. The summed E-state index contributed by atoms with van der Waals surface area (Å²) >= 11 is 0. The van der Waals surface area contributed by atoms with Gasteiger partial charge >= 0.3 is 0 Å². The molecule has 0 aliphatic carbocycles. The molecule has 0 saturated carbocycles. The molecule has 2 aliphatic heterocycles. The maximum atomic E-state index is 12.1. The predicted molar refractivity (Wildman–Crippen MR) is 112 cm³/mol.